The van der Waals surface area contributed by atoms with Crippen LogP contribution in [-0.2, 0) is 28.6 Å². The van der Waals surface area contributed by atoms with Gasteiger partial charge in [-0.25, -0.2) is 0 Å². The van der Waals surface area contributed by atoms with E-state index < -0.39 is 6.10 Å². The fourth-order valence-corrected chi connectivity index (χ4v) is 6.58. The van der Waals surface area contributed by atoms with Crippen molar-refractivity contribution < 1.29 is 28.6 Å². The second kappa shape index (κ2) is 38.1. The molecule has 0 saturated carbocycles. The van der Waals surface area contributed by atoms with E-state index in [2.05, 4.69) is 34.6 Å². The Morgan fingerprint density at radius 2 is 0.647 bits per heavy atom. The lowest BCUT2D eigenvalue weighted by molar-refractivity contribution is -0.167. The third-order valence-corrected chi connectivity index (χ3v) is 9.97. The van der Waals surface area contributed by atoms with E-state index in [1.165, 1.54) is 122 Å². The average Bonchev–Trinajstić information content (AvgIpc) is 3.09. The van der Waals surface area contributed by atoms with E-state index in [1.807, 2.05) is 0 Å². The molecule has 0 saturated heterocycles. The van der Waals surface area contributed by atoms with Crippen LogP contribution in [0.1, 0.15) is 240 Å². The zero-order chi connectivity index (χ0) is 37.6. The first-order chi connectivity index (χ1) is 24.7. The Morgan fingerprint density at radius 1 is 0.373 bits per heavy atom. The van der Waals surface area contributed by atoms with Gasteiger partial charge in [-0.2, -0.15) is 0 Å². The largest absolute Gasteiger partial charge is 0.462 e. The van der Waals surface area contributed by atoms with Crippen molar-refractivity contribution in [1.82, 2.24) is 0 Å². The Morgan fingerprint density at radius 3 is 0.961 bits per heavy atom. The van der Waals surface area contributed by atoms with Crippen molar-refractivity contribution in [3.8, 4) is 0 Å². The van der Waals surface area contributed by atoms with E-state index in [9.17, 15) is 14.4 Å². The second-order valence-corrected chi connectivity index (χ2v) is 16.3. The third-order valence-electron chi connectivity index (χ3n) is 9.97. The topological polar surface area (TPSA) is 78.9 Å². The number of carbonyl (C=O) groups is 3. The maximum absolute atomic E-state index is 12.7. The molecular formula is C45H86O6. The van der Waals surface area contributed by atoms with Crippen LogP contribution in [0.5, 0.6) is 0 Å². The number of ether oxygens (including phenoxy) is 3. The highest BCUT2D eigenvalue weighted by atomic mass is 16.6. The van der Waals surface area contributed by atoms with E-state index in [0.717, 1.165) is 76.0 Å². The maximum atomic E-state index is 12.7. The summed E-state index contributed by atoms with van der Waals surface area (Å²) in [6.07, 6.45) is 35.4. The van der Waals surface area contributed by atoms with Crippen molar-refractivity contribution in [2.75, 3.05) is 13.2 Å². The molecule has 0 aromatic carbocycles. The maximum Gasteiger partial charge on any atom is 0.306 e. The van der Waals surface area contributed by atoms with E-state index in [4.69, 9.17) is 14.2 Å². The molecule has 51 heavy (non-hydrogen) atoms. The van der Waals surface area contributed by atoms with Crippen molar-refractivity contribution in [2.45, 2.75) is 246 Å². The second-order valence-electron chi connectivity index (χ2n) is 16.3. The highest BCUT2D eigenvalue weighted by Gasteiger charge is 2.19. The molecule has 1 atom stereocenters. The van der Waals surface area contributed by atoms with E-state index in [0.29, 0.717) is 19.3 Å². The number of rotatable bonds is 39. The average molecular weight is 723 g/mol. The lowest BCUT2D eigenvalue weighted by Gasteiger charge is -2.18. The van der Waals surface area contributed by atoms with Crippen molar-refractivity contribution in [3.05, 3.63) is 0 Å². The zero-order valence-electron chi connectivity index (χ0n) is 34.7. The molecule has 6 heteroatoms. The van der Waals surface area contributed by atoms with Gasteiger partial charge in [0, 0.05) is 19.3 Å². The predicted octanol–water partition coefficient (Wildman–Crippen LogP) is 13.8. The molecule has 0 rings (SSSR count). The van der Waals surface area contributed by atoms with Gasteiger partial charge in [-0.3, -0.25) is 14.4 Å². The molecule has 0 aromatic heterocycles. The Labute approximate surface area is 317 Å². The zero-order valence-corrected chi connectivity index (χ0v) is 34.7. The normalized spacial score (nSPS) is 12.1. The molecule has 0 amide bonds. The molecular weight excluding hydrogens is 636 g/mol. The van der Waals surface area contributed by atoms with Crippen LogP contribution in [-0.4, -0.2) is 37.2 Å². The van der Waals surface area contributed by atoms with Gasteiger partial charge in [0.25, 0.3) is 0 Å². The molecule has 0 bridgehead atoms. The lowest BCUT2D eigenvalue weighted by Crippen LogP contribution is -2.30. The molecule has 0 radical (unpaired) electrons. The molecule has 0 aliphatic rings. The SMILES string of the molecule is CCCCCCCC(=O)OC[C@@H](COC(=O)CCCCCCCCCCCCCC(C)C)OC(=O)CCCCCCCCCCCCCC(C)C. The minimum absolute atomic E-state index is 0.0659. The Balaban J connectivity index is 4.20. The fourth-order valence-electron chi connectivity index (χ4n) is 6.58. The molecule has 6 nitrogen and oxygen atoms in total. The minimum Gasteiger partial charge on any atom is -0.462 e. The number of esters is 3. The Kier molecular flexibility index (Phi) is 37.0. The first-order valence-corrected chi connectivity index (χ1v) is 22.2. The van der Waals surface area contributed by atoms with Gasteiger partial charge in [0.05, 0.1) is 0 Å². The minimum atomic E-state index is -0.758. The third kappa shape index (κ3) is 39.5. The quantitative estimate of drug-likeness (QED) is 0.0357. The van der Waals surface area contributed by atoms with Crippen molar-refractivity contribution in [3.63, 3.8) is 0 Å². The summed E-state index contributed by atoms with van der Waals surface area (Å²) in [5.41, 5.74) is 0. The molecule has 0 unspecified atom stereocenters. The van der Waals surface area contributed by atoms with E-state index in [-0.39, 0.29) is 31.1 Å². The molecule has 0 spiro atoms. The summed E-state index contributed by atoms with van der Waals surface area (Å²) in [6.45, 7) is 11.2. The Bertz CT molecular complexity index is 779. The van der Waals surface area contributed by atoms with Crippen LogP contribution in [0, 0.1) is 11.8 Å². The van der Waals surface area contributed by atoms with Gasteiger partial charge in [-0.15, -0.1) is 0 Å². The summed E-state index contributed by atoms with van der Waals surface area (Å²) in [7, 11) is 0. The summed E-state index contributed by atoms with van der Waals surface area (Å²) in [5, 5.41) is 0. The molecule has 0 fully saturated rings. The fraction of sp³-hybridized carbons (Fsp3) is 0.933. The molecule has 0 aliphatic heterocycles. The monoisotopic (exact) mass is 723 g/mol. The highest BCUT2D eigenvalue weighted by Crippen LogP contribution is 2.16. The summed E-state index contributed by atoms with van der Waals surface area (Å²) in [6, 6.07) is 0. The van der Waals surface area contributed by atoms with Crippen LogP contribution >= 0.6 is 0 Å². The van der Waals surface area contributed by atoms with Gasteiger partial charge < -0.3 is 14.2 Å². The summed E-state index contributed by atoms with van der Waals surface area (Å²) >= 11 is 0. The smallest absolute Gasteiger partial charge is 0.306 e. The standard InChI is InChI=1S/C45H86O6/c1-6-7-8-23-30-35-43(46)49-38-42(51-45(48)37-32-27-22-18-14-10-12-16-20-25-29-34-41(4)5)39-50-44(47)36-31-26-21-17-13-9-11-15-19-24-28-33-40(2)3/h40-42H,6-39H2,1-5H3/t42-/m0/s1. The van der Waals surface area contributed by atoms with Crippen LogP contribution in [0.2, 0.25) is 0 Å². The highest BCUT2D eigenvalue weighted by molar-refractivity contribution is 5.71. The molecule has 0 N–H and O–H groups in total. The van der Waals surface area contributed by atoms with E-state index >= 15 is 0 Å². The van der Waals surface area contributed by atoms with Gasteiger partial charge in [0.1, 0.15) is 13.2 Å². The van der Waals surface area contributed by atoms with Gasteiger partial charge in [0.2, 0.25) is 0 Å². The summed E-state index contributed by atoms with van der Waals surface area (Å²) < 4.78 is 16.6. The van der Waals surface area contributed by atoms with Crippen molar-refractivity contribution in [2.24, 2.45) is 11.8 Å². The number of hydrogen-bond donors (Lipinski definition) is 0. The summed E-state index contributed by atoms with van der Waals surface area (Å²) in [5.74, 6) is 0.780. The predicted molar refractivity (Wildman–Crippen MR) is 215 cm³/mol. The van der Waals surface area contributed by atoms with Crippen LogP contribution in [0.4, 0.5) is 0 Å². The van der Waals surface area contributed by atoms with Crippen LogP contribution in [0.25, 0.3) is 0 Å². The number of carbonyl (C=O) groups excluding carboxylic acids is 3. The first-order valence-electron chi connectivity index (χ1n) is 22.2. The van der Waals surface area contributed by atoms with Crippen LogP contribution in [0.3, 0.4) is 0 Å². The summed E-state index contributed by atoms with van der Waals surface area (Å²) in [4.78, 5) is 37.4. The lowest BCUT2D eigenvalue weighted by atomic mass is 10.0. The molecule has 0 heterocycles. The first kappa shape index (κ1) is 49.4. The van der Waals surface area contributed by atoms with Crippen molar-refractivity contribution in [1.29, 1.82) is 0 Å². The van der Waals surface area contributed by atoms with Crippen LogP contribution in [0.15, 0.2) is 0 Å². The van der Waals surface area contributed by atoms with Crippen molar-refractivity contribution >= 4 is 17.9 Å². The van der Waals surface area contributed by atoms with Gasteiger partial charge in [0.15, 0.2) is 6.10 Å². The Hall–Kier alpha value is -1.59. The number of hydrogen-bond acceptors (Lipinski definition) is 6. The molecule has 302 valence electrons. The van der Waals surface area contributed by atoms with E-state index in [1.54, 1.807) is 0 Å². The van der Waals surface area contributed by atoms with Gasteiger partial charge in [-0.05, 0) is 31.1 Å². The van der Waals surface area contributed by atoms with Crippen LogP contribution < -0.4 is 0 Å². The number of unbranched alkanes of at least 4 members (excludes halogenated alkanes) is 24. The van der Waals surface area contributed by atoms with Gasteiger partial charge >= 0.3 is 17.9 Å². The molecule has 0 aliphatic carbocycles. The van der Waals surface area contributed by atoms with Gasteiger partial charge in [-0.1, -0.05) is 202 Å². The molecule has 0 aromatic rings.